The van der Waals surface area contributed by atoms with Crippen molar-refractivity contribution in [3.05, 3.63) is 72.3 Å². The fourth-order valence-corrected chi connectivity index (χ4v) is 6.48. The fourth-order valence-electron chi connectivity index (χ4n) is 6.32. The molecule has 0 radical (unpaired) electrons. The lowest BCUT2D eigenvalue weighted by Gasteiger charge is -2.38. The predicted molar refractivity (Wildman–Crippen MR) is 181 cm³/mol. The van der Waals surface area contributed by atoms with Gasteiger partial charge in [0.1, 0.15) is 29.7 Å². The lowest BCUT2D eigenvalue weighted by molar-refractivity contribution is 0.00503. The molecular weight excluding hydrogens is 648 g/mol. The van der Waals surface area contributed by atoms with E-state index in [9.17, 15) is 0 Å². The van der Waals surface area contributed by atoms with Gasteiger partial charge >= 0.3 is 0 Å². The van der Waals surface area contributed by atoms with E-state index in [0.717, 1.165) is 57.6 Å². The minimum atomic E-state index is -0.225. The number of morpholine rings is 1. The van der Waals surface area contributed by atoms with E-state index in [0.29, 0.717) is 65.4 Å². The first kappa shape index (κ1) is 32.8. The highest BCUT2D eigenvalue weighted by molar-refractivity contribution is 6.32. The zero-order chi connectivity index (χ0) is 33.4. The lowest BCUT2D eigenvalue weighted by atomic mass is 9.90. The van der Waals surface area contributed by atoms with Crippen LogP contribution in [0.15, 0.2) is 61.4 Å². The van der Waals surface area contributed by atoms with Crippen molar-refractivity contribution in [2.75, 3.05) is 38.2 Å². The van der Waals surface area contributed by atoms with Crippen LogP contribution in [0.3, 0.4) is 0 Å². The predicted octanol–water partition coefficient (Wildman–Crippen LogP) is 4.42. The van der Waals surface area contributed by atoms with E-state index < -0.39 is 0 Å². The molecule has 5 heterocycles. The van der Waals surface area contributed by atoms with Crippen molar-refractivity contribution in [1.82, 2.24) is 54.8 Å². The van der Waals surface area contributed by atoms with E-state index >= 15 is 0 Å². The molecule has 7 rings (SSSR count). The van der Waals surface area contributed by atoms with E-state index in [-0.39, 0.29) is 12.1 Å². The topological polar surface area (TPSA) is 156 Å². The highest BCUT2D eigenvalue weighted by Crippen LogP contribution is 2.35. The van der Waals surface area contributed by atoms with Gasteiger partial charge in [0.2, 0.25) is 5.95 Å². The number of halogens is 1. The van der Waals surface area contributed by atoms with Gasteiger partial charge in [-0.2, -0.15) is 0 Å². The maximum atomic E-state index is 6.50. The maximum absolute atomic E-state index is 6.50. The van der Waals surface area contributed by atoms with Crippen LogP contribution < -0.4 is 14.8 Å². The molecule has 2 fully saturated rings. The average Bonchev–Trinajstić information content (AvgIpc) is 3.80. The van der Waals surface area contributed by atoms with E-state index in [1.54, 1.807) is 41.7 Å². The van der Waals surface area contributed by atoms with Crippen LogP contribution in [-0.2, 0) is 17.7 Å². The van der Waals surface area contributed by atoms with Gasteiger partial charge in [0.15, 0.2) is 0 Å². The molecule has 1 aliphatic heterocycles. The molecule has 49 heavy (non-hydrogen) atoms. The van der Waals surface area contributed by atoms with Crippen molar-refractivity contribution in [3.8, 4) is 22.9 Å². The van der Waals surface area contributed by atoms with Crippen LogP contribution in [0.4, 0.5) is 11.6 Å². The number of ether oxygens (including phenoxy) is 3. The lowest BCUT2D eigenvalue weighted by Crippen LogP contribution is -2.45. The second-order valence-corrected chi connectivity index (χ2v) is 12.6. The molecule has 0 amide bonds. The van der Waals surface area contributed by atoms with Crippen molar-refractivity contribution in [2.24, 2.45) is 0 Å². The second kappa shape index (κ2) is 15.7. The molecule has 1 aliphatic carbocycles. The Morgan fingerprint density at radius 1 is 1.02 bits per heavy atom. The SMILES string of the molecule is C[C@@H](Cn1cnnn1)Oc1cc(-c2ccnc(Nc3cn(C4CCC(N5CCOCC5)CC4)nc3OCCc3ncccn3)n2)ccc1Cl. The largest absolute Gasteiger partial charge is 0.487 e. The molecule has 1 atom stereocenters. The Morgan fingerprint density at radius 3 is 2.63 bits per heavy atom. The molecule has 0 bridgehead atoms. The fraction of sp³-hybridized carbons (Fsp3) is 0.455. The number of aromatic nitrogens is 10. The van der Waals surface area contributed by atoms with E-state index in [1.807, 2.05) is 36.0 Å². The number of nitrogens with zero attached hydrogens (tertiary/aromatic N) is 11. The van der Waals surface area contributed by atoms with Crippen LogP contribution in [0.1, 0.15) is 44.5 Å². The van der Waals surface area contributed by atoms with Gasteiger partial charge in [0, 0.05) is 49.7 Å². The zero-order valence-electron chi connectivity index (χ0n) is 27.3. The van der Waals surface area contributed by atoms with Crippen LogP contribution >= 0.6 is 11.6 Å². The number of rotatable bonds is 13. The van der Waals surface area contributed by atoms with Crippen LogP contribution in [-0.4, -0.2) is 99.9 Å². The Balaban J connectivity index is 1.06. The van der Waals surface area contributed by atoms with Crippen molar-refractivity contribution in [3.63, 3.8) is 0 Å². The average molecular weight is 687 g/mol. The van der Waals surface area contributed by atoms with Gasteiger partial charge in [0.25, 0.3) is 5.88 Å². The van der Waals surface area contributed by atoms with E-state index in [1.165, 1.54) is 0 Å². The smallest absolute Gasteiger partial charge is 0.256 e. The Labute approximate surface area is 289 Å². The first-order chi connectivity index (χ1) is 24.1. The molecule has 1 saturated carbocycles. The minimum absolute atomic E-state index is 0.225. The van der Waals surface area contributed by atoms with Gasteiger partial charge in [-0.15, -0.1) is 10.2 Å². The summed E-state index contributed by atoms with van der Waals surface area (Å²) in [7, 11) is 0. The van der Waals surface area contributed by atoms with Gasteiger partial charge in [-0.25, -0.2) is 24.6 Å². The van der Waals surface area contributed by atoms with Crippen LogP contribution in [0, 0.1) is 0 Å². The number of hydrogen-bond acceptors (Lipinski definition) is 13. The van der Waals surface area contributed by atoms with Crippen LogP contribution in [0.25, 0.3) is 11.3 Å². The quantitative estimate of drug-likeness (QED) is 0.186. The summed E-state index contributed by atoms with van der Waals surface area (Å²) in [4.78, 5) is 20.5. The standard InChI is InChI=1S/C33H39ClN12O3/c1-23(20-45-22-38-42-43-45)49-30-19-24(3-8-27(30)34)28-9-13-37-33(39-28)40-29-21-46(41-32(29)48-16-10-31-35-11-2-12-36-31)26-6-4-25(5-7-26)44-14-17-47-18-15-44/h2-3,8-9,11-13,19,21-23,25-26H,4-7,10,14-18,20H2,1H3,(H,37,39,40)/t23-,25?,26?/m0/s1. The Morgan fingerprint density at radius 2 is 1.84 bits per heavy atom. The summed E-state index contributed by atoms with van der Waals surface area (Å²) < 4.78 is 21.6. The summed E-state index contributed by atoms with van der Waals surface area (Å²) in [6.07, 6.45) is 13.4. The maximum Gasteiger partial charge on any atom is 0.256 e. The summed E-state index contributed by atoms with van der Waals surface area (Å²) in [6.45, 7) is 6.44. The molecule has 1 aromatic carbocycles. The number of tetrazole rings is 1. The summed E-state index contributed by atoms with van der Waals surface area (Å²) in [5.41, 5.74) is 2.22. The zero-order valence-corrected chi connectivity index (χ0v) is 28.1. The van der Waals surface area contributed by atoms with E-state index in [2.05, 4.69) is 40.7 Å². The number of hydrogen-bond donors (Lipinski definition) is 1. The third kappa shape index (κ3) is 8.47. The molecule has 16 heteroatoms. The third-order valence-corrected chi connectivity index (χ3v) is 9.09. The van der Waals surface area contributed by atoms with Gasteiger partial charge in [0.05, 0.1) is 49.3 Å². The van der Waals surface area contributed by atoms with Gasteiger partial charge in [-0.1, -0.05) is 17.7 Å². The van der Waals surface area contributed by atoms with Crippen molar-refractivity contribution < 1.29 is 14.2 Å². The molecule has 15 nitrogen and oxygen atoms in total. The minimum Gasteiger partial charge on any atom is -0.487 e. The van der Waals surface area contributed by atoms with Crippen molar-refractivity contribution >= 4 is 23.2 Å². The first-order valence-electron chi connectivity index (χ1n) is 16.6. The Kier molecular flexibility index (Phi) is 10.5. The number of nitrogens with one attached hydrogen (secondary N) is 1. The van der Waals surface area contributed by atoms with E-state index in [4.69, 9.17) is 35.9 Å². The first-order valence-corrected chi connectivity index (χ1v) is 17.0. The summed E-state index contributed by atoms with van der Waals surface area (Å²) in [5.74, 6) is 2.15. The Bertz CT molecular complexity index is 1780. The monoisotopic (exact) mass is 686 g/mol. The summed E-state index contributed by atoms with van der Waals surface area (Å²) in [6, 6.07) is 10.1. The second-order valence-electron chi connectivity index (χ2n) is 12.2. The number of anilines is 2. The Hall–Kier alpha value is -4.73. The number of benzene rings is 1. The normalized spacial score (nSPS) is 19.0. The van der Waals surface area contributed by atoms with Crippen molar-refractivity contribution in [1.29, 1.82) is 0 Å². The molecule has 0 unspecified atom stereocenters. The third-order valence-electron chi connectivity index (χ3n) is 8.78. The molecule has 4 aromatic heterocycles. The van der Waals surface area contributed by atoms with Gasteiger partial charge in [-0.3, -0.25) is 9.58 Å². The van der Waals surface area contributed by atoms with Crippen LogP contribution in [0.5, 0.6) is 11.6 Å². The summed E-state index contributed by atoms with van der Waals surface area (Å²) in [5, 5.41) is 20.0. The molecule has 1 N–H and O–H groups in total. The summed E-state index contributed by atoms with van der Waals surface area (Å²) >= 11 is 6.50. The molecular formula is C33H39ClN12O3. The molecule has 2 aliphatic rings. The highest BCUT2D eigenvalue weighted by Gasteiger charge is 2.29. The molecule has 0 spiro atoms. The molecule has 256 valence electrons. The van der Waals surface area contributed by atoms with Gasteiger partial charge < -0.3 is 19.5 Å². The van der Waals surface area contributed by atoms with Crippen LogP contribution in [0.2, 0.25) is 5.02 Å². The van der Waals surface area contributed by atoms with Gasteiger partial charge in [-0.05, 0) is 67.3 Å². The molecule has 5 aromatic rings. The molecule has 1 saturated heterocycles. The highest BCUT2D eigenvalue weighted by atomic mass is 35.5. The van der Waals surface area contributed by atoms with Crippen molar-refractivity contribution in [2.45, 2.75) is 63.8 Å².